The van der Waals surface area contributed by atoms with Gasteiger partial charge in [-0.25, -0.2) is 9.37 Å². The van der Waals surface area contributed by atoms with E-state index in [9.17, 15) is 4.39 Å². The number of imidazole rings is 1. The first-order chi connectivity index (χ1) is 16.0. The molecule has 6 nitrogen and oxygen atoms in total. The largest absolute Gasteiger partial charge is 0.340 e. The van der Waals surface area contributed by atoms with E-state index in [-0.39, 0.29) is 5.82 Å². The predicted octanol–water partition coefficient (Wildman–Crippen LogP) is 3.95. The van der Waals surface area contributed by atoms with E-state index in [1.54, 1.807) is 36.8 Å². The quantitative estimate of drug-likeness (QED) is 0.447. The van der Waals surface area contributed by atoms with Gasteiger partial charge in [0.15, 0.2) is 5.82 Å². The van der Waals surface area contributed by atoms with Gasteiger partial charge in [0.25, 0.3) is 0 Å². The molecule has 0 spiro atoms. The summed E-state index contributed by atoms with van der Waals surface area (Å²) in [7, 11) is 0. The van der Waals surface area contributed by atoms with Gasteiger partial charge in [-0.2, -0.15) is 5.10 Å². The molecule has 164 valence electrons. The Labute approximate surface area is 190 Å². The van der Waals surface area contributed by atoms with Gasteiger partial charge in [0.1, 0.15) is 11.5 Å². The zero-order valence-corrected chi connectivity index (χ0v) is 18.4. The fraction of sp³-hybridized carbons (Fsp3) is 0.0769. The molecular formula is C26H23FN6. The van der Waals surface area contributed by atoms with E-state index in [0.717, 1.165) is 33.1 Å². The number of aryl methyl sites for hydroxylation is 1. The maximum absolute atomic E-state index is 13.5. The van der Waals surface area contributed by atoms with Crippen molar-refractivity contribution in [3.63, 3.8) is 0 Å². The number of halogens is 1. The third-order valence-corrected chi connectivity index (χ3v) is 5.14. The third kappa shape index (κ3) is 4.48. The van der Waals surface area contributed by atoms with Crippen molar-refractivity contribution >= 4 is 23.3 Å². The molecule has 3 aromatic heterocycles. The van der Waals surface area contributed by atoms with E-state index in [4.69, 9.17) is 4.98 Å². The monoisotopic (exact) mass is 438 g/mol. The normalized spacial score (nSPS) is 12.9. The number of rotatable bonds is 6. The minimum Gasteiger partial charge on any atom is -0.340 e. The Bertz CT molecular complexity index is 1460. The van der Waals surface area contributed by atoms with E-state index < -0.39 is 0 Å². The van der Waals surface area contributed by atoms with Crippen LogP contribution in [0.15, 0.2) is 68.2 Å². The highest BCUT2D eigenvalue weighted by atomic mass is 19.1. The van der Waals surface area contributed by atoms with Crippen LogP contribution in [0.25, 0.3) is 34.8 Å². The zero-order chi connectivity index (χ0) is 23.4. The van der Waals surface area contributed by atoms with E-state index in [0.29, 0.717) is 22.8 Å². The number of hydrogen-bond donors (Lipinski definition) is 2. The Morgan fingerprint density at radius 3 is 2.61 bits per heavy atom. The Balaban J connectivity index is 1.83. The number of benzene rings is 1. The molecule has 3 heterocycles. The number of nitrogens with one attached hydrogen (secondary N) is 2. The molecule has 0 aliphatic heterocycles. The van der Waals surface area contributed by atoms with Crippen molar-refractivity contribution in [3.8, 4) is 11.5 Å². The summed E-state index contributed by atoms with van der Waals surface area (Å²) in [5, 5.41) is 9.23. The number of H-pyrrole nitrogens is 2. The SMILES string of the molecule is C=C/C=C(/c1ccc(F)cc1)c1nc(-c2n[nH]c(=C/C)/c2=C\C(=C)c2cnccn2)[nH]c1C. The Hall–Kier alpha value is -4.39. The maximum Gasteiger partial charge on any atom is 0.159 e. The highest BCUT2D eigenvalue weighted by Crippen LogP contribution is 2.27. The van der Waals surface area contributed by atoms with Gasteiger partial charge in [-0.1, -0.05) is 43.5 Å². The number of hydrogen-bond acceptors (Lipinski definition) is 4. The number of nitrogens with zero attached hydrogens (tertiary/aromatic N) is 4. The van der Waals surface area contributed by atoms with Crippen LogP contribution >= 0.6 is 0 Å². The van der Waals surface area contributed by atoms with Crippen LogP contribution in [0.5, 0.6) is 0 Å². The van der Waals surface area contributed by atoms with Crippen LogP contribution in [0.1, 0.15) is 29.6 Å². The van der Waals surface area contributed by atoms with Gasteiger partial charge in [0.05, 0.1) is 22.9 Å². The van der Waals surface area contributed by atoms with E-state index in [2.05, 4.69) is 38.3 Å². The first kappa shape index (κ1) is 21.8. The van der Waals surface area contributed by atoms with Crippen molar-refractivity contribution in [3.05, 3.63) is 107 Å². The van der Waals surface area contributed by atoms with Crippen LogP contribution in [0.4, 0.5) is 4.39 Å². The summed E-state index contributed by atoms with van der Waals surface area (Å²) in [5.74, 6) is 0.307. The fourth-order valence-electron chi connectivity index (χ4n) is 3.52. The van der Waals surface area contributed by atoms with Crippen molar-refractivity contribution in [2.24, 2.45) is 0 Å². The molecule has 0 saturated heterocycles. The predicted molar refractivity (Wildman–Crippen MR) is 130 cm³/mol. The summed E-state index contributed by atoms with van der Waals surface area (Å²) in [5.41, 5.74) is 5.29. The molecule has 0 bridgehead atoms. The first-order valence-corrected chi connectivity index (χ1v) is 10.4. The maximum atomic E-state index is 13.5. The summed E-state index contributed by atoms with van der Waals surface area (Å²) in [6.07, 6.45) is 12.3. The summed E-state index contributed by atoms with van der Waals surface area (Å²) >= 11 is 0. The number of aromatic nitrogens is 6. The smallest absolute Gasteiger partial charge is 0.159 e. The summed E-state index contributed by atoms with van der Waals surface area (Å²) in [6, 6.07) is 6.30. The molecule has 0 aliphatic rings. The van der Waals surface area contributed by atoms with Crippen LogP contribution in [0.3, 0.4) is 0 Å². The average molecular weight is 439 g/mol. The van der Waals surface area contributed by atoms with Gasteiger partial charge < -0.3 is 4.98 Å². The van der Waals surface area contributed by atoms with Crippen LogP contribution < -0.4 is 10.6 Å². The molecule has 1 aromatic carbocycles. The Morgan fingerprint density at radius 2 is 1.94 bits per heavy atom. The van der Waals surface area contributed by atoms with Gasteiger partial charge in [0.2, 0.25) is 0 Å². The summed E-state index contributed by atoms with van der Waals surface area (Å²) in [4.78, 5) is 16.6. The van der Waals surface area contributed by atoms with Crippen molar-refractivity contribution in [1.29, 1.82) is 0 Å². The van der Waals surface area contributed by atoms with Gasteiger partial charge >= 0.3 is 0 Å². The molecule has 0 atom stereocenters. The Morgan fingerprint density at radius 1 is 1.15 bits per heavy atom. The molecule has 0 radical (unpaired) electrons. The molecule has 4 aromatic rings. The number of allylic oxidation sites excluding steroid dienone is 3. The standard InChI is InChI=1S/C26H23FN6/c1-5-7-20(18-8-10-19(27)11-9-18)24-17(4)30-26(31-24)25-21(22(6-2)32-33-25)14-16(3)23-15-28-12-13-29-23/h5-15,32H,1,3H2,2,4H3,(H,30,31)/b20-7-,21-14+,22-6+. The molecule has 7 heteroatoms. The third-order valence-electron chi connectivity index (χ3n) is 5.14. The van der Waals surface area contributed by atoms with Crippen molar-refractivity contribution in [2.75, 3.05) is 0 Å². The molecule has 0 amide bonds. The summed E-state index contributed by atoms with van der Waals surface area (Å²) < 4.78 is 13.5. The van der Waals surface area contributed by atoms with E-state index in [1.165, 1.54) is 12.1 Å². The van der Waals surface area contributed by atoms with Crippen molar-refractivity contribution in [1.82, 2.24) is 30.1 Å². The lowest BCUT2D eigenvalue weighted by atomic mass is 10.0. The minimum atomic E-state index is -0.292. The molecular weight excluding hydrogens is 415 g/mol. The second-order valence-corrected chi connectivity index (χ2v) is 7.33. The molecule has 0 aliphatic carbocycles. The summed E-state index contributed by atoms with van der Waals surface area (Å²) in [6.45, 7) is 11.8. The second-order valence-electron chi connectivity index (χ2n) is 7.33. The topological polar surface area (TPSA) is 83.1 Å². The van der Waals surface area contributed by atoms with Gasteiger partial charge in [-0.3, -0.25) is 15.1 Å². The van der Waals surface area contributed by atoms with Gasteiger partial charge in [-0.05, 0) is 43.2 Å². The lowest BCUT2D eigenvalue weighted by molar-refractivity contribution is 0.627. The molecule has 0 unspecified atom stereocenters. The average Bonchev–Trinajstić information content (AvgIpc) is 3.41. The van der Waals surface area contributed by atoms with Crippen LogP contribution in [0, 0.1) is 12.7 Å². The fourth-order valence-corrected chi connectivity index (χ4v) is 3.52. The first-order valence-electron chi connectivity index (χ1n) is 10.4. The molecule has 2 N–H and O–H groups in total. The van der Waals surface area contributed by atoms with Crippen LogP contribution in [-0.2, 0) is 0 Å². The molecule has 33 heavy (non-hydrogen) atoms. The van der Waals surface area contributed by atoms with Gasteiger partial charge in [-0.15, -0.1) is 0 Å². The van der Waals surface area contributed by atoms with Crippen LogP contribution in [0.2, 0.25) is 0 Å². The molecule has 0 saturated carbocycles. The molecule has 0 fully saturated rings. The zero-order valence-electron chi connectivity index (χ0n) is 18.4. The lowest BCUT2D eigenvalue weighted by Crippen LogP contribution is -2.23. The van der Waals surface area contributed by atoms with Crippen molar-refractivity contribution in [2.45, 2.75) is 13.8 Å². The second kappa shape index (κ2) is 9.40. The van der Waals surface area contributed by atoms with Crippen molar-refractivity contribution < 1.29 is 4.39 Å². The van der Waals surface area contributed by atoms with E-state index in [1.807, 2.05) is 32.1 Å². The van der Waals surface area contributed by atoms with Crippen LogP contribution in [-0.4, -0.2) is 30.1 Å². The number of aromatic amines is 2. The highest BCUT2D eigenvalue weighted by molar-refractivity contribution is 5.86. The molecule has 4 rings (SSSR count). The highest BCUT2D eigenvalue weighted by Gasteiger charge is 2.17. The minimum absolute atomic E-state index is 0.292. The van der Waals surface area contributed by atoms with E-state index >= 15 is 0 Å². The van der Waals surface area contributed by atoms with Gasteiger partial charge in [0, 0.05) is 28.9 Å². The Kier molecular flexibility index (Phi) is 6.22. The lowest BCUT2D eigenvalue weighted by Gasteiger charge is -2.05.